The zero-order chi connectivity index (χ0) is 24.6. The van der Waals surface area contributed by atoms with Crippen molar-refractivity contribution < 1.29 is 14.7 Å². The van der Waals surface area contributed by atoms with Crippen molar-refractivity contribution >= 4 is 11.8 Å². The Morgan fingerprint density at radius 1 is 0.824 bits per heavy atom. The molecular formula is C30H33NO3. The third kappa shape index (κ3) is 5.70. The second-order valence-electron chi connectivity index (χ2n) is 8.96. The highest BCUT2D eigenvalue weighted by atomic mass is 16.4. The van der Waals surface area contributed by atoms with E-state index in [9.17, 15) is 14.7 Å². The molecule has 176 valence electrons. The highest BCUT2D eigenvalue weighted by Crippen LogP contribution is 2.37. The topological polar surface area (TPSA) is 66.4 Å². The standard InChI is InChI=1S/C30H33NO3/c1-4-23(22(2)3)20-28(32)27(21-29(33)34)31-30(24-14-8-5-9-15-24,25-16-10-6-11-17-25)26-18-12-7-13-19-26/h4-19,22-23,27,31H,1,20-21H2,2-3H3,(H,33,34)/t23?,27-/m0/s1. The molecule has 0 aromatic heterocycles. The number of aliphatic carboxylic acids is 1. The summed E-state index contributed by atoms with van der Waals surface area (Å²) in [5.74, 6) is -0.943. The lowest BCUT2D eigenvalue weighted by Gasteiger charge is -2.40. The number of hydrogen-bond acceptors (Lipinski definition) is 3. The molecule has 4 heteroatoms. The van der Waals surface area contributed by atoms with E-state index in [0.29, 0.717) is 0 Å². The summed E-state index contributed by atoms with van der Waals surface area (Å²) >= 11 is 0. The fourth-order valence-electron chi connectivity index (χ4n) is 4.46. The van der Waals surface area contributed by atoms with Gasteiger partial charge in [0.15, 0.2) is 5.78 Å². The van der Waals surface area contributed by atoms with E-state index in [1.807, 2.05) is 105 Å². The van der Waals surface area contributed by atoms with Crippen LogP contribution in [0.2, 0.25) is 0 Å². The molecule has 1 unspecified atom stereocenters. The van der Waals surface area contributed by atoms with Crippen molar-refractivity contribution in [2.75, 3.05) is 0 Å². The number of hydrogen-bond donors (Lipinski definition) is 2. The third-order valence-corrected chi connectivity index (χ3v) is 6.37. The van der Waals surface area contributed by atoms with Crippen LogP contribution in [0.4, 0.5) is 0 Å². The van der Waals surface area contributed by atoms with E-state index in [4.69, 9.17) is 0 Å². The second kappa shape index (κ2) is 11.6. The summed E-state index contributed by atoms with van der Waals surface area (Å²) in [6.07, 6.45) is 1.72. The lowest BCUT2D eigenvalue weighted by atomic mass is 9.75. The Labute approximate surface area is 202 Å². The number of benzene rings is 3. The molecule has 3 rings (SSSR count). The first-order chi connectivity index (χ1) is 16.4. The summed E-state index contributed by atoms with van der Waals surface area (Å²) in [7, 11) is 0. The molecule has 0 spiro atoms. The van der Waals surface area contributed by atoms with Crippen LogP contribution in [-0.2, 0) is 15.1 Å². The van der Waals surface area contributed by atoms with Crippen molar-refractivity contribution in [3.05, 3.63) is 120 Å². The summed E-state index contributed by atoms with van der Waals surface area (Å²) < 4.78 is 0. The van der Waals surface area contributed by atoms with Crippen molar-refractivity contribution in [1.82, 2.24) is 5.32 Å². The number of carbonyl (C=O) groups excluding carboxylic acids is 1. The van der Waals surface area contributed by atoms with E-state index in [-0.39, 0.29) is 30.5 Å². The average Bonchev–Trinajstić information content (AvgIpc) is 2.86. The molecule has 0 saturated heterocycles. The molecule has 0 bridgehead atoms. The molecule has 0 heterocycles. The number of nitrogens with one attached hydrogen (secondary N) is 1. The van der Waals surface area contributed by atoms with Crippen LogP contribution in [0.5, 0.6) is 0 Å². The summed E-state index contributed by atoms with van der Waals surface area (Å²) in [6.45, 7) is 7.97. The lowest BCUT2D eigenvalue weighted by Crippen LogP contribution is -2.53. The van der Waals surface area contributed by atoms with Gasteiger partial charge in [-0.2, -0.15) is 0 Å². The van der Waals surface area contributed by atoms with Crippen LogP contribution in [0.3, 0.4) is 0 Å². The van der Waals surface area contributed by atoms with Gasteiger partial charge < -0.3 is 5.11 Å². The lowest BCUT2D eigenvalue weighted by molar-refractivity contribution is -0.140. The quantitative estimate of drug-likeness (QED) is 0.266. The van der Waals surface area contributed by atoms with Crippen molar-refractivity contribution in [1.29, 1.82) is 0 Å². The first-order valence-electron chi connectivity index (χ1n) is 11.7. The molecule has 0 radical (unpaired) electrons. The normalized spacial score (nSPS) is 13.3. The Morgan fingerprint density at radius 2 is 1.24 bits per heavy atom. The first-order valence-corrected chi connectivity index (χ1v) is 11.7. The molecule has 4 nitrogen and oxygen atoms in total. The molecular weight excluding hydrogens is 422 g/mol. The van der Waals surface area contributed by atoms with Gasteiger partial charge in [0, 0.05) is 6.42 Å². The number of carboxylic acids is 1. The Balaban J connectivity index is 2.19. The van der Waals surface area contributed by atoms with Gasteiger partial charge in [-0.3, -0.25) is 14.9 Å². The van der Waals surface area contributed by atoms with Gasteiger partial charge in [0.05, 0.1) is 18.0 Å². The van der Waals surface area contributed by atoms with Gasteiger partial charge in [-0.1, -0.05) is 111 Å². The van der Waals surface area contributed by atoms with Crippen LogP contribution in [-0.4, -0.2) is 22.9 Å². The summed E-state index contributed by atoms with van der Waals surface area (Å²) in [5, 5.41) is 13.3. The molecule has 0 aliphatic heterocycles. The van der Waals surface area contributed by atoms with Gasteiger partial charge in [0.25, 0.3) is 0 Å². The van der Waals surface area contributed by atoms with Crippen LogP contribution < -0.4 is 5.32 Å². The Kier molecular flexibility index (Phi) is 8.55. The minimum Gasteiger partial charge on any atom is -0.481 e. The fourth-order valence-corrected chi connectivity index (χ4v) is 4.46. The molecule has 34 heavy (non-hydrogen) atoms. The van der Waals surface area contributed by atoms with Crippen molar-refractivity contribution in [2.45, 2.75) is 38.3 Å². The maximum Gasteiger partial charge on any atom is 0.305 e. The maximum atomic E-state index is 13.6. The van der Waals surface area contributed by atoms with E-state index >= 15 is 0 Å². The first kappa shape index (κ1) is 25.1. The molecule has 0 saturated carbocycles. The van der Waals surface area contributed by atoms with Crippen molar-refractivity contribution in [2.24, 2.45) is 11.8 Å². The minimum absolute atomic E-state index is 0.0230. The predicted octanol–water partition coefficient (Wildman–Crippen LogP) is 5.83. The van der Waals surface area contributed by atoms with E-state index in [1.165, 1.54) is 0 Å². The molecule has 3 aromatic carbocycles. The van der Waals surface area contributed by atoms with E-state index in [2.05, 4.69) is 11.9 Å². The van der Waals surface area contributed by atoms with Gasteiger partial charge in [-0.05, 0) is 28.5 Å². The molecule has 0 fully saturated rings. The van der Waals surface area contributed by atoms with Gasteiger partial charge in [0.1, 0.15) is 0 Å². The number of rotatable bonds is 12. The summed E-state index contributed by atoms with van der Waals surface area (Å²) in [6, 6.07) is 28.7. The highest BCUT2D eigenvalue weighted by Gasteiger charge is 2.40. The monoisotopic (exact) mass is 455 g/mol. The second-order valence-corrected chi connectivity index (χ2v) is 8.96. The number of Topliss-reactive ketones (excluding diaryl/α,β-unsaturated/α-hetero) is 1. The third-order valence-electron chi connectivity index (χ3n) is 6.37. The molecule has 0 aliphatic rings. The Bertz CT molecular complexity index is 981. The molecule has 3 aromatic rings. The Hall–Kier alpha value is -3.50. The minimum atomic E-state index is -1.02. The SMILES string of the molecule is C=CC(CC(=O)[C@H](CC(=O)O)NC(c1ccccc1)(c1ccccc1)c1ccccc1)C(C)C. The number of ketones is 1. The van der Waals surface area contributed by atoms with Crippen molar-refractivity contribution in [3.8, 4) is 0 Å². The average molecular weight is 456 g/mol. The largest absolute Gasteiger partial charge is 0.481 e. The van der Waals surface area contributed by atoms with Gasteiger partial charge in [-0.15, -0.1) is 6.58 Å². The number of carboxylic acid groups (broad SMARTS) is 1. The van der Waals surface area contributed by atoms with Crippen LogP contribution >= 0.6 is 0 Å². The van der Waals surface area contributed by atoms with E-state index in [1.54, 1.807) is 6.08 Å². The zero-order valence-corrected chi connectivity index (χ0v) is 19.9. The highest BCUT2D eigenvalue weighted by molar-refractivity contribution is 5.88. The molecule has 0 aliphatic carbocycles. The number of carbonyl (C=O) groups is 2. The van der Waals surface area contributed by atoms with Gasteiger partial charge in [-0.25, -0.2) is 0 Å². The van der Waals surface area contributed by atoms with Crippen LogP contribution in [0, 0.1) is 11.8 Å². The van der Waals surface area contributed by atoms with E-state index in [0.717, 1.165) is 16.7 Å². The van der Waals surface area contributed by atoms with Crippen LogP contribution in [0.25, 0.3) is 0 Å². The van der Waals surface area contributed by atoms with Gasteiger partial charge >= 0.3 is 5.97 Å². The fraction of sp³-hybridized carbons (Fsp3) is 0.267. The summed E-state index contributed by atoms with van der Waals surface area (Å²) in [4.78, 5) is 25.4. The maximum absolute atomic E-state index is 13.6. The zero-order valence-electron chi connectivity index (χ0n) is 19.9. The van der Waals surface area contributed by atoms with E-state index < -0.39 is 17.6 Å². The van der Waals surface area contributed by atoms with Gasteiger partial charge in [0.2, 0.25) is 0 Å². The molecule has 2 atom stereocenters. The molecule has 0 amide bonds. The smallest absolute Gasteiger partial charge is 0.305 e. The predicted molar refractivity (Wildman–Crippen MR) is 137 cm³/mol. The summed E-state index contributed by atoms with van der Waals surface area (Å²) in [5.41, 5.74) is 1.88. The van der Waals surface area contributed by atoms with Crippen LogP contribution in [0.1, 0.15) is 43.4 Å². The molecule has 2 N–H and O–H groups in total. The van der Waals surface area contributed by atoms with Crippen LogP contribution in [0.15, 0.2) is 104 Å². The van der Waals surface area contributed by atoms with Crippen molar-refractivity contribution in [3.63, 3.8) is 0 Å². The Morgan fingerprint density at radius 3 is 1.56 bits per heavy atom. The number of allylic oxidation sites excluding steroid dienone is 1.